The van der Waals surface area contributed by atoms with Gasteiger partial charge >= 0.3 is 0 Å². The number of hydrogen-bond acceptors (Lipinski definition) is 2. The van der Waals surface area contributed by atoms with Gasteiger partial charge in [-0.1, -0.05) is 38.8 Å². The standard InChI is InChI=1S/C12H25NO/c1-3-5-6-7-8-11(4-2)12(13)9-10-14/h7-8,11-12,14H,3-6,9-10,13H2,1-2H3/b8-7+. The molecule has 0 heterocycles. The number of unbranched alkanes of at least 4 members (excludes halogenated alkanes) is 2. The molecule has 3 N–H and O–H groups in total. The van der Waals surface area contributed by atoms with Gasteiger partial charge in [-0.3, -0.25) is 0 Å². The Balaban J connectivity index is 3.81. The average Bonchev–Trinajstić information content (AvgIpc) is 2.18. The predicted molar refractivity (Wildman–Crippen MR) is 62.1 cm³/mol. The lowest BCUT2D eigenvalue weighted by molar-refractivity contribution is 0.262. The molecule has 2 nitrogen and oxygen atoms in total. The summed E-state index contributed by atoms with van der Waals surface area (Å²) >= 11 is 0. The van der Waals surface area contributed by atoms with Crippen molar-refractivity contribution in [2.24, 2.45) is 11.7 Å². The first-order valence-corrected chi connectivity index (χ1v) is 5.79. The third kappa shape index (κ3) is 6.17. The van der Waals surface area contributed by atoms with Crippen LogP contribution in [0.25, 0.3) is 0 Å². The Morgan fingerprint density at radius 1 is 1.36 bits per heavy atom. The predicted octanol–water partition coefficient (Wildman–Crippen LogP) is 2.47. The maximum absolute atomic E-state index is 8.79. The first kappa shape index (κ1) is 13.7. The second-order valence-electron chi connectivity index (χ2n) is 3.82. The van der Waals surface area contributed by atoms with Gasteiger partial charge in [0.15, 0.2) is 0 Å². The highest BCUT2D eigenvalue weighted by Crippen LogP contribution is 2.12. The molecule has 0 fully saturated rings. The van der Waals surface area contributed by atoms with Crippen molar-refractivity contribution in [3.8, 4) is 0 Å². The minimum absolute atomic E-state index is 0.114. The lowest BCUT2D eigenvalue weighted by Gasteiger charge is -2.18. The Hall–Kier alpha value is -0.340. The van der Waals surface area contributed by atoms with Crippen molar-refractivity contribution in [3.63, 3.8) is 0 Å². The van der Waals surface area contributed by atoms with E-state index in [0.717, 1.165) is 12.8 Å². The van der Waals surface area contributed by atoms with Crippen molar-refractivity contribution in [1.29, 1.82) is 0 Å². The molecule has 0 amide bonds. The summed E-state index contributed by atoms with van der Waals surface area (Å²) in [5.74, 6) is 0.430. The van der Waals surface area contributed by atoms with Crippen LogP contribution in [0.1, 0.15) is 46.0 Å². The van der Waals surface area contributed by atoms with Crippen LogP contribution in [0.5, 0.6) is 0 Å². The van der Waals surface area contributed by atoms with Gasteiger partial charge in [-0.15, -0.1) is 0 Å². The van der Waals surface area contributed by atoms with E-state index < -0.39 is 0 Å². The van der Waals surface area contributed by atoms with Gasteiger partial charge in [-0.25, -0.2) is 0 Å². The normalized spacial score (nSPS) is 16.0. The zero-order valence-electron chi connectivity index (χ0n) is 9.58. The highest BCUT2D eigenvalue weighted by Gasteiger charge is 2.11. The van der Waals surface area contributed by atoms with E-state index in [1.165, 1.54) is 12.8 Å². The van der Waals surface area contributed by atoms with Gasteiger partial charge in [-0.05, 0) is 25.2 Å². The van der Waals surface area contributed by atoms with E-state index in [2.05, 4.69) is 26.0 Å². The van der Waals surface area contributed by atoms with Crippen LogP contribution in [-0.4, -0.2) is 17.8 Å². The molecule has 0 aliphatic rings. The molecule has 0 saturated carbocycles. The lowest BCUT2D eigenvalue weighted by Crippen LogP contribution is -2.29. The number of aliphatic hydroxyl groups is 1. The Bertz CT molecular complexity index is 145. The van der Waals surface area contributed by atoms with Crippen LogP contribution in [0.4, 0.5) is 0 Å². The minimum atomic E-state index is 0.114. The summed E-state index contributed by atoms with van der Waals surface area (Å²) in [4.78, 5) is 0. The van der Waals surface area contributed by atoms with Gasteiger partial charge in [0.1, 0.15) is 0 Å². The molecule has 0 aliphatic carbocycles. The molecule has 0 aromatic carbocycles. The minimum Gasteiger partial charge on any atom is -0.396 e. The van der Waals surface area contributed by atoms with E-state index in [-0.39, 0.29) is 12.6 Å². The zero-order chi connectivity index (χ0) is 10.8. The maximum atomic E-state index is 8.79. The average molecular weight is 199 g/mol. The fourth-order valence-electron chi connectivity index (χ4n) is 1.54. The molecule has 0 aromatic heterocycles. The number of allylic oxidation sites excluding steroid dienone is 1. The summed E-state index contributed by atoms with van der Waals surface area (Å²) in [6.45, 7) is 4.54. The highest BCUT2D eigenvalue weighted by molar-refractivity contribution is 4.92. The fraction of sp³-hybridized carbons (Fsp3) is 0.833. The molecule has 0 spiro atoms. The summed E-state index contributed by atoms with van der Waals surface area (Å²) < 4.78 is 0. The highest BCUT2D eigenvalue weighted by atomic mass is 16.3. The molecule has 14 heavy (non-hydrogen) atoms. The summed E-state index contributed by atoms with van der Waals surface area (Å²) in [5.41, 5.74) is 5.94. The second-order valence-corrected chi connectivity index (χ2v) is 3.82. The number of aliphatic hydroxyl groups excluding tert-OH is 1. The van der Waals surface area contributed by atoms with Gasteiger partial charge in [-0.2, -0.15) is 0 Å². The van der Waals surface area contributed by atoms with Crippen molar-refractivity contribution >= 4 is 0 Å². The molecule has 0 aliphatic heterocycles. The molecule has 2 unspecified atom stereocenters. The number of rotatable bonds is 8. The van der Waals surface area contributed by atoms with Crippen LogP contribution in [0.2, 0.25) is 0 Å². The van der Waals surface area contributed by atoms with Crippen LogP contribution in [-0.2, 0) is 0 Å². The molecule has 0 rings (SSSR count). The monoisotopic (exact) mass is 199 g/mol. The fourth-order valence-corrected chi connectivity index (χ4v) is 1.54. The molecule has 2 atom stereocenters. The molecule has 84 valence electrons. The summed E-state index contributed by atoms with van der Waals surface area (Å²) in [7, 11) is 0. The Morgan fingerprint density at radius 2 is 2.07 bits per heavy atom. The van der Waals surface area contributed by atoms with E-state index in [9.17, 15) is 0 Å². The molecular formula is C12H25NO. The molecule has 0 radical (unpaired) electrons. The van der Waals surface area contributed by atoms with Crippen LogP contribution in [0.15, 0.2) is 12.2 Å². The van der Waals surface area contributed by atoms with Gasteiger partial charge in [0.2, 0.25) is 0 Å². The zero-order valence-corrected chi connectivity index (χ0v) is 9.58. The van der Waals surface area contributed by atoms with Gasteiger partial charge < -0.3 is 10.8 Å². The van der Waals surface area contributed by atoms with Crippen LogP contribution < -0.4 is 5.73 Å². The Kier molecular flexibility index (Phi) is 9.00. The van der Waals surface area contributed by atoms with Crippen molar-refractivity contribution in [2.45, 2.75) is 52.0 Å². The largest absolute Gasteiger partial charge is 0.396 e. The van der Waals surface area contributed by atoms with Crippen LogP contribution in [0.3, 0.4) is 0 Å². The van der Waals surface area contributed by atoms with Gasteiger partial charge in [0, 0.05) is 12.6 Å². The second kappa shape index (κ2) is 9.22. The molecular weight excluding hydrogens is 174 g/mol. The van der Waals surface area contributed by atoms with E-state index in [1.807, 2.05) is 0 Å². The third-order valence-corrected chi connectivity index (χ3v) is 2.59. The van der Waals surface area contributed by atoms with Crippen molar-refractivity contribution in [2.75, 3.05) is 6.61 Å². The van der Waals surface area contributed by atoms with E-state index >= 15 is 0 Å². The molecule has 0 aromatic rings. The van der Waals surface area contributed by atoms with E-state index in [1.54, 1.807) is 0 Å². The third-order valence-electron chi connectivity index (χ3n) is 2.59. The SMILES string of the molecule is CCCC/C=C/C(CC)C(N)CCO. The Labute approximate surface area is 88.2 Å². The quantitative estimate of drug-likeness (QED) is 0.466. The molecule has 2 heteroatoms. The summed E-state index contributed by atoms with van der Waals surface area (Å²) in [6, 6.07) is 0.114. The first-order chi connectivity index (χ1) is 6.76. The van der Waals surface area contributed by atoms with E-state index in [0.29, 0.717) is 12.3 Å². The van der Waals surface area contributed by atoms with Crippen LogP contribution in [0, 0.1) is 5.92 Å². The van der Waals surface area contributed by atoms with E-state index in [4.69, 9.17) is 10.8 Å². The smallest absolute Gasteiger partial charge is 0.0446 e. The van der Waals surface area contributed by atoms with Crippen molar-refractivity contribution < 1.29 is 5.11 Å². The molecule has 0 bridgehead atoms. The summed E-state index contributed by atoms with van der Waals surface area (Å²) in [6.07, 6.45) is 9.86. The van der Waals surface area contributed by atoms with Gasteiger partial charge in [0.25, 0.3) is 0 Å². The summed E-state index contributed by atoms with van der Waals surface area (Å²) in [5, 5.41) is 8.79. The van der Waals surface area contributed by atoms with Crippen molar-refractivity contribution in [3.05, 3.63) is 12.2 Å². The van der Waals surface area contributed by atoms with Crippen molar-refractivity contribution in [1.82, 2.24) is 0 Å². The topological polar surface area (TPSA) is 46.2 Å². The maximum Gasteiger partial charge on any atom is 0.0446 e. The van der Waals surface area contributed by atoms with Gasteiger partial charge in [0.05, 0.1) is 0 Å². The Morgan fingerprint density at radius 3 is 2.57 bits per heavy atom. The van der Waals surface area contributed by atoms with Crippen LogP contribution >= 0.6 is 0 Å². The molecule has 0 saturated heterocycles. The number of nitrogens with two attached hydrogens (primary N) is 1. The number of hydrogen-bond donors (Lipinski definition) is 2. The lowest BCUT2D eigenvalue weighted by atomic mass is 9.94. The first-order valence-electron chi connectivity index (χ1n) is 5.79.